The Morgan fingerprint density at radius 2 is 1.97 bits per heavy atom. The monoisotopic (exact) mass is 451 g/mol. The molecule has 1 aromatic heterocycles. The van der Waals surface area contributed by atoms with Gasteiger partial charge in [-0.1, -0.05) is 35.3 Å². The van der Waals surface area contributed by atoms with E-state index in [0.29, 0.717) is 33.9 Å². The number of piperidine rings is 1. The van der Waals surface area contributed by atoms with Crippen molar-refractivity contribution in [3.8, 4) is 11.4 Å². The van der Waals surface area contributed by atoms with E-state index in [2.05, 4.69) is 26.9 Å². The number of nitrogens with zero attached hydrogens (tertiary/aromatic N) is 5. The van der Waals surface area contributed by atoms with Gasteiger partial charge in [-0.05, 0) is 44.1 Å². The molecule has 9 heteroatoms. The molecule has 0 N–H and O–H groups in total. The SMILES string of the molecule is CCN1CCN(C(=O)C2CCCN(Cc3nc(-c4ccc(Cl)cc4Cl)no3)C2)CC1. The second-order valence-corrected chi connectivity index (χ2v) is 8.81. The zero-order valence-corrected chi connectivity index (χ0v) is 18.7. The molecule has 2 fully saturated rings. The number of likely N-dealkylation sites (N-methyl/N-ethyl adjacent to an activating group) is 1. The summed E-state index contributed by atoms with van der Waals surface area (Å²) in [5, 5.41) is 5.12. The van der Waals surface area contributed by atoms with Crippen molar-refractivity contribution in [3.05, 3.63) is 34.1 Å². The third kappa shape index (κ3) is 4.97. The molecule has 3 heterocycles. The van der Waals surface area contributed by atoms with Crippen LogP contribution in [0.25, 0.3) is 11.4 Å². The Bertz CT molecular complexity index is 882. The van der Waals surface area contributed by atoms with Gasteiger partial charge in [0.15, 0.2) is 0 Å². The summed E-state index contributed by atoms with van der Waals surface area (Å²) in [5.41, 5.74) is 0.689. The van der Waals surface area contributed by atoms with Crippen LogP contribution in [0.5, 0.6) is 0 Å². The number of carbonyl (C=O) groups is 1. The van der Waals surface area contributed by atoms with E-state index in [0.717, 1.165) is 58.7 Å². The highest BCUT2D eigenvalue weighted by molar-refractivity contribution is 6.36. The topological polar surface area (TPSA) is 65.7 Å². The van der Waals surface area contributed by atoms with Crippen LogP contribution < -0.4 is 0 Å². The lowest BCUT2D eigenvalue weighted by molar-refractivity contribution is -0.139. The number of rotatable bonds is 5. The van der Waals surface area contributed by atoms with Crippen molar-refractivity contribution in [2.75, 3.05) is 45.8 Å². The summed E-state index contributed by atoms with van der Waals surface area (Å²) in [4.78, 5) is 24.2. The minimum Gasteiger partial charge on any atom is -0.340 e. The molecule has 2 aliphatic heterocycles. The molecule has 7 nitrogen and oxygen atoms in total. The maximum Gasteiger partial charge on any atom is 0.241 e. The van der Waals surface area contributed by atoms with E-state index in [1.54, 1.807) is 18.2 Å². The van der Waals surface area contributed by atoms with E-state index in [-0.39, 0.29) is 11.8 Å². The average Bonchev–Trinajstić information content (AvgIpc) is 3.21. The maximum atomic E-state index is 13.0. The fourth-order valence-electron chi connectivity index (χ4n) is 4.23. The molecule has 0 radical (unpaired) electrons. The summed E-state index contributed by atoms with van der Waals surface area (Å²) in [5.74, 6) is 1.31. The Balaban J connectivity index is 1.35. The molecule has 1 unspecified atom stereocenters. The van der Waals surface area contributed by atoms with Gasteiger partial charge in [-0.2, -0.15) is 4.98 Å². The fraction of sp³-hybridized carbons (Fsp3) is 0.571. The average molecular weight is 452 g/mol. The number of benzene rings is 1. The molecule has 2 aromatic rings. The zero-order chi connectivity index (χ0) is 21.1. The molecule has 2 aliphatic rings. The van der Waals surface area contributed by atoms with Gasteiger partial charge < -0.3 is 14.3 Å². The molecule has 0 spiro atoms. The molecular weight excluding hydrogens is 425 g/mol. The molecule has 0 saturated carbocycles. The first-order chi connectivity index (χ1) is 14.5. The van der Waals surface area contributed by atoms with Gasteiger partial charge in [-0.3, -0.25) is 9.69 Å². The quantitative estimate of drug-likeness (QED) is 0.693. The third-order valence-electron chi connectivity index (χ3n) is 5.98. The minimum absolute atomic E-state index is 0.0417. The largest absolute Gasteiger partial charge is 0.340 e. The summed E-state index contributed by atoms with van der Waals surface area (Å²) >= 11 is 12.2. The highest BCUT2D eigenvalue weighted by atomic mass is 35.5. The lowest BCUT2D eigenvalue weighted by atomic mass is 9.96. The second-order valence-electron chi connectivity index (χ2n) is 7.97. The van der Waals surface area contributed by atoms with Gasteiger partial charge in [0.05, 0.1) is 17.5 Å². The van der Waals surface area contributed by atoms with Crippen LogP contribution in [0.4, 0.5) is 0 Å². The highest BCUT2D eigenvalue weighted by Gasteiger charge is 2.31. The van der Waals surface area contributed by atoms with Gasteiger partial charge in [0.1, 0.15) is 0 Å². The Labute approximate surface area is 186 Å². The molecule has 0 aliphatic carbocycles. The van der Waals surface area contributed by atoms with Gasteiger partial charge >= 0.3 is 0 Å². The van der Waals surface area contributed by atoms with E-state index in [1.165, 1.54) is 0 Å². The van der Waals surface area contributed by atoms with E-state index in [4.69, 9.17) is 27.7 Å². The van der Waals surface area contributed by atoms with E-state index < -0.39 is 0 Å². The van der Waals surface area contributed by atoms with Crippen molar-refractivity contribution in [1.29, 1.82) is 0 Å². The predicted molar refractivity (Wildman–Crippen MR) is 116 cm³/mol. The molecular formula is C21H27Cl2N5O2. The van der Waals surface area contributed by atoms with Crippen LogP contribution >= 0.6 is 23.2 Å². The maximum absolute atomic E-state index is 13.0. The Morgan fingerprint density at radius 3 is 2.70 bits per heavy atom. The highest BCUT2D eigenvalue weighted by Crippen LogP contribution is 2.29. The number of hydrogen-bond donors (Lipinski definition) is 0. The van der Waals surface area contributed by atoms with Crippen molar-refractivity contribution in [2.45, 2.75) is 26.3 Å². The van der Waals surface area contributed by atoms with Crippen LogP contribution in [0.15, 0.2) is 22.7 Å². The summed E-state index contributed by atoms with van der Waals surface area (Å²) in [6.07, 6.45) is 1.94. The second kappa shape index (κ2) is 9.64. The van der Waals surface area contributed by atoms with Gasteiger partial charge in [0.25, 0.3) is 0 Å². The Morgan fingerprint density at radius 1 is 1.17 bits per heavy atom. The van der Waals surface area contributed by atoms with Gasteiger partial charge in [0.2, 0.25) is 17.6 Å². The first-order valence-electron chi connectivity index (χ1n) is 10.5. The number of hydrogen-bond acceptors (Lipinski definition) is 6. The van der Waals surface area contributed by atoms with Crippen LogP contribution in [0.1, 0.15) is 25.7 Å². The molecule has 1 amide bonds. The van der Waals surface area contributed by atoms with Crippen LogP contribution in [0.2, 0.25) is 10.0 Å². The van der Waals surface area contributed by atoms with Crippen molar-refractivity contribution in [2.24, 2.45) is 5.92 Å². The van der Waals surface area contributed by atoms with Crippen LogP contribution in [0.3, 0.4) is 0 Å². The number of likely N-dealkylation sites (tertiary alicyclic amines) is 1. The summed E-state index contributed by atoms with van der Waals surface area (Å²) in [6.45, 7) is 9.00. The molecule has 0 bridgehead atoms. The van der Waals surface area contributed by atoms with E-state index >= 15 is 0 Å². The number of amides is 1. The minimum atomic E-state index is 0.0417. The first kappa shape index (κ1) is 21.6. The predicted octanol–water partition coefficient (Wildman–Crippen LogP) is 3.42. The first-order valence-corrected chi connectivity index (χ1v) is 11.3. The fourth-order valence-corrected chi connectivity index (χ4v) is 4.73. The van der Waals surface area contributed by atoms with Crippen molar-refractivity contribution in [1.82, 2.24) is 24.8 Å². The van der Waals surface area contributed by atoms with Gasteiger partial charge in [-0.15, -0.1) is 0 Å². The van der Waals surface area contributed by atoms with Crippen LogP contribution in [0, 0.1) is 5.92 Å². The summed E-state index contributed by atoms with van der Waals surface area (Å²) in [6, 6.07) is 5.20. The lowest BCUT2D eigenvalue weighted by Crippen LogP contribution is -2.52. The molecule has 162 valence electrons. The van der Waals surface area contributed by atoms with Gasteiger partial charge in [-0.25, -0.2) is 0 Å². The molecule has 1 atom stereocenters. The third-order valence-corrected chi connectivity index (χ3v) is 6.53. The summed E-state index contributed by atoms with van der Waals surface area (Å²) in [7, 11) is 0. The molecule has 2 saturated heterocycles. The number of aromatic nitrogens is 2. The normalized spacial score (nSPS) is 21.2. The summed E-state index contributed by atoms with van der Waals surface area (Å²) < 4.78 is 5.45. The number of halogens is 2. The number of carbonyl (C=O) groups excluding carboxylic acids is 1. The Hall–Kier alpha value is -1.67. The van der Waals surface area contributed by atoms with Crippen LogP contribution in [-0.2, 0) is 11.3 Å². The van der Waals surface area contributed by atoms with Crippen molar-refractivity contribution in [3.63, 3.8) is 0 Å². The molecule has 1 aromatic carbocycles. The van der Waals surface area contributed by atoms with E-state index in [9.17, 15) is 4.79 Å². The zero-order valence-electron chi connectivity index (χ0n) is 17.2. The number of piperazine rings is 1. The Kier molecular flexibility index (Phi) is 6.93. The van der Waals surface area contributed by atoms with Crippen molar-refractivity contribution >= 4 is 29.1 Å². The van der Waals surface area contributed by atoms with E-state index in [1.807, 2.05) is 4.90 Å². The standard InChI is InChI=1S/C21H27Cl2N5O2/c1-2-26-8-10-28(11-9-26)21(29)15-4-3-7-27(13-15)14-19-24-20(25-30-19)17-6-5-16(22)12-18(17)23/h5-6,12,15H,2-4,7-11,13-14H2,1H3. The van der Waals surface area contributed by atoms with Gasteiger partial charge in [0, 0.05) is 43.3 Å². The molecule has 30 heavy (non-hydrogen) atoms. The van der Waals surface area contributed by atoms with Crippen LogP contribution in [-0.4, -0.2) is 76.6 Å². The van der Waals surface area contributed by atoms with Crippen molar-refractivity contribution < 1.29 is 9.32 Å². The molecule has 4 rings (SSSR count). The lowest BCUT2D eigenvalue weighted by Gasteiger charge is -2.38. The smallest absolute Gasteiger partial charge is 0.241 e.